The topological polar surface area (TPSA) is 197 Å². The van der Waals surface area contributed by atoms with E-state index >= 15 is 0 Å². The molecule has 1 aromatic carbocycles. The number of carbonyl (C=O) groups is 1. The Bertz CT molecular complexity index is 1090. The number of epoxide rings is 1. The molecule has 1 saturated carbocycles. The van der Waals surface area contributed by atoms with Crippen molar-refractivity contribution >= 4 is 12.0 Å². The Morgan fingerprint density at radius 1 is 1.13 bits per heavy atom. The van der Waals surface area contributed by atoms with Crippen LogP contribution in [0.3, 0.4) is 0 Å². The Balaban J connectivity index is 1.29. The molecule has 11 atom stereocenters. The number of esters is 1. The Labute approximate surface area is 217 Å². The summed E-state index contributed by atoms with van der Waals surface area (Å²) in [4.78, 5) is 12.7. The van der Waals surface area contributed by atoms with E-state index in [0.29, 0.717) is 11.3 Å². The molecule has 6 N–H and O–H groups in total. The van der Waals surface area contributed by atoms with E-state index in [9.17, 15) is 35.4 Å². The number of methoxy groups -OCH3 is 1. The van der Waals surface area contributed by atoms with Crippen LogP contribution in [0, 0.1) is 11.8 Å². The van der Waals surface area contributed by atoms with Crippen LogP contribution in [0.1, 0.15) is 5.56 Å². The molecule has 38 heavy (non-hydrogen) atoms. The summed E-state index contributed by atoms with van der Waals surface area (Å²) in [6, 6.07) is 4.61. The first kappa shape index (κ1) is 26.8. The molecule has 0 unspecified atom stereocenters. The van der Waals surface area contributed by atoms with E-state index < -0.39 is 85.8 Å². The minimum atomic E-state index is -1.66. The molecule has 0 aromatic heterocycles. The number of benzene rings is 1. The van der Waals surface area contributed by atoms with E-state index in [4.69, 9.17) is 28.4 Å². The number of ether oxygens (including phenoxy) is 6. The molecule has 3 aliphatic heterocycles. The number of rotatable bonds is 8. The van der Waals surface area contributed by atoms with Crippen LogP contribution in [-0.4, -0.2) is 112 Å². The van der Waals surface area contributed by atoms with Crippen LogP contribution < -0.4 is 4.74 Å². The summed E-state index contributed by atoms with van der Waals surface area (Å²) in [5.74, 6) is -1.53. The minimum absolute atomic E-state index is 0.0836. The minimum Gasteiger partial charge on any atom is -0.507 e. The first-order valence-electron chi connectivity index (χ1n) is 12.1. The molecule has 13 heteroatoms. The number of hydrogen-bond acceptors (Lipinski definition) is 13. The first-order chi connectivity index (χ1) is 18.2. The van der Waals surface area contributed by atoms with Crippen molar-refractivity contribution in [2.45, 2.75) is 54.8 Å². The second-order valence-electron chi connectivity index (χ2n) is 9.58. The van der Waals surface area contributed by atoms with E-state index in [1.807, 2.05) is 0 Å². The number of phenols is 1. The molecule has 5 rings (SSSR count). The fourth-order valence-corrected chi connectivity index (χ4v) is 5.41. The summed E-state index contributed by atoms with van der Waals surface area (Å²) in [5, 5.41) is 60.2. The van der Waals surface area contributed by atoms with Gasteiger partial charge in [0.15, 0.2) is 6.29 Å². The third kappa shape index (κ3) is 4.54. The smallest absolute Gasteiger partial charge is 0.331 e. The van der Waals surface area contributed by atoms with Crippen molar-refractivity contribution in [3.05, 3.63) is 42.2 Å². The normalized spacial score (nSPS) is 41.3. The zero-order valence-corrected chi connectivity index (χ0v) is 20.3. The number of fused-ring (bicyclic) bond motifs is 3. The first-order valence-corrected chi connectivity index (χ1v) is 12.1. The Morgan fingerprint density at radius 3 is 2.61 bits per heavy atom. The van der Waals surface area contributed by atoms with Gasteiger partial charge in [-0.25, -0.2) is 4.79 Å². The lowest BCUT2D eigenvalue weighted by Gasteiger charge is -2.43. The molecular weight excluding hydrogens is 508 g/mol. The highest BCUT2D eigenvalue weighted by Crippen LogP contribution is 2.60. The summed E-state index contributed by atoms with van der Waals surface area (Å²) in [6.45, 7) is -1.07. The SMILES string of the molecule is COc1ccc(/C=C\C(=O)O[C@@H]2[C@H]3C=CO[C@H](O[C@@H]4O[C@H](CO)[C@@H](O)[C@H](O)[C@H]4O)[C@H]3[C@]3(CO)O[C@@H]23)c(O)c1. The highest BCUT2D eigenvalue weighted by Gasteiger charge is 2.77. The predicted molar refractivity (Wildman–Crippen MR) is 124 cm³/mol. The molecule has 0 radical (unpaired) electrons. The number of aliphatic hydroxyl groups excluding tert-OH is 5. The monoisotopic (exact) mass is 538 g/mol. The standard InChI is InChI=1S/C25H30O13/c1-33-12-4-2-11(14(28)8-12)3-5-16(29)36-21-13-6-7-34-23(17(13)25(10-27)22(21)38-25)37-24-20(32)19(31)18(30)15(9-26)35-24/h2-8,13,15,17-24,26-28,30-32H,9-10H2,1H3/b5-3-/t13-,15+,17-,18+,19-,20+,21+,22-,23+,24-,25-/m0/s1. The van der Waals surface area contributed by atoms with Gasteiger partial charge in [0.2, 0.25) is 6.29 Å². The summed E-state index contributed by atoms with van der Waals surface area (Å²) >= 11 is 0. The fourth-order valence-electron chi connectivity index (χ4n) is 5.41. The molecule has 3 fully saturated rings. The Kier molecular flexibility index (Phi) is 7.37. The third-order valence-corrected chi connectivity index (χ3v) is 7.49. The predicted octanol–water partition coefficient (Wildman–Crippen LogP) is -1.61. The molecule has 0 spiro atoms. The highest BCUT2D eigenvalue weighted by atomic mass is 16.8. The number of phenolic OH excluding ortho intramolecular Hbond substituents is 1. The van der Waals surface area contributed by atoms with E-state index in [2.05, 4.69) is 0 Å². The van der Waals surface area contributed by atoms with Gasteiger partial charge in [0, 0.05) is 23.6 Å². The third-order valence-electron chi connectivity index (χ3n) is 7.49. The lowest BCUT2D eigenvalue weighted by Crippen LogP contribution is -2.60. The Morgan fingerprint density at radius 2 is 1.92 bits per heavy atom. The second-order valence-corrected chi connectivity index (χ2v) is 9.58. The van der Waals surface area contributed by atoms with Gasteiger partial charge in [-0.1, -0.05) is 0 Å². The average Bonchev–Trinajstić information content (AvgIpc) is 3.60. The van der Waals surface area contributed by atoms with Crippen LogP contribution in [0.25, 0.3) is 6.08 Å². The molecule has 208 valence electrons. The van der Waals surface area contributed by atoms with Crippen LogP contribution >= 0.6 is 0 Å². The molecule has 13 nitrogen and oxygen atoms in total. The quantitative estimate of drug-likeness (QED) is 0.126. The van der Waals surface area contributed by atoms with Crippen molar-refractivity contribution in [3.63, 3.8) is 0 Å². The maximum atomic E-state index is 12.7. The largest absolute Gasteiger partial charge is 0.507 e. The number of carbonyl (C=O) groups excluding carboxylic acids is 1. The van der Waals surface area contributed by atoms with Gasteiger partial charge >= 0.3 is 5.97 Å². The van der Waals surface area contributed by atoms with Gasteiger partial charge in [0.25, 0.3) is 0 Å². The van der Waals surface area contributed by atoms with E-state index in [0.717, 1.165) is 6.08 Å². The molecule has 0 bridgehead atoms. The fraction of sp³-hybridized carbons (Fsp3) is 0.560. The van der Waals surface area contributed by atoms with Crippen molar-refractivity contribution in [2.24, 2.45) is 11.8 Å². The van der Waals surface area contributed by atoms with E-state index in [1.54, 1.807) is 18.2 Å². The zero-order valence-electron chi connectivity index (χ0n) is 20.3. The summed E-state index contributed by atoms with van der Waals surface area (Å²) in [7, 11) is 1.47. The van der Waals surface area contributed by atoms with Gasteiger partial charge in [-0.15, -0.1) is 0 Å². The van der Waals surface area contributed by atoms with Gasteiger partial charge in [0.1, 0.15) is 53.7 Å². The average molecular weight is 539 g/mol. The number of hydrogen-bond donors (Lipinski definition) is 6. The zero-order chi connectivity index (χ0) is 27.2. The summed E-state index contributed by atoms with van der Waals surface area (Å²) in [6.07, 6.45) is -4.61. The maximum Gasteiger partial charge on any atom is 0.331 e. The molecule has 1 aromatic rings. The van der Waals surface area contributed by atoms with Gasteiger partial charge < -0.3 is 59.1 Å². The van der Waals surface area contributed by atoms with Gasteiger partial charge in [0.05, 0.1) is 32.5 Å². The summed E-state index contributed by atoms with van der Waals surface area (Å²) in [5.41, 5.74) is -0.782. The van der Waals surface area contributed by atoms with E-state index in [1.165, 1.54) is 25.5 Å². The molecule has 2 saturated heterocycles. The lowest BCUT2D eigenvalue weighted by molar-refractivity contribution is -0.344. The Hall–Kier alpha value is -2.75. The van der Waals surface area contributed by atoms with Crippen molar-refractivity contribution in [1.82, 2.24) is 0 Å². The van der Waals surface area contributed by atoms with Crippen LogP contribution in [0.4, 0.5) is 0 Å². The van der Waals surface area contributed by atoms with Crippen LogP contribution in [0.15, 0.2) is 36.6 Å². The maximum absolute atomic E-state index is 12.7. The van der Waals surface area contributed by atoms with Gasteiger partial charge in [-0.3, -0.25) is 0 Å². The molecule has 3 heterocycles. The van der Waals surface area contributed by atoms with Crippen molar-refractivity contribution in [1.29, 1.82) is 0 Å². The van der Waals surface area contributed by atoms with Gasteiger partial charge in [-0.05, 0) is 24.3 Å². The van der Waals surface area contributed by atoms with Crippen molar-refractivity contribution in [3.8, 4) is 11.5 Å². The number of aromatic hydroxyl groups is 1. The van der Waals surface area contributed by atoms with Crippen LogP contribution in [0.2, 0.25) is 0 Å². The van der Waals surface area contributed by atoms with Crippen LogP contribution in [0.5, 0.6) is 11.5 Å². The molecule has 4 aliphatic rings. The molecular formula is C25H30O13. The lowest BCUT2D eigenvalue weighted by atomic mass is 9.85. The number of aliphatic hydroxyl groups is 5. The molecule has 1 aliphatic carbocycles. The van der Waals surface area contributed by atoms with E-state index in [-0.39, 0.29) is 5.75 Å². The molecule has 0 amide bonds. The highest BCUT2D eigenvalue weighted by molar-refractivity contribution is 5.88. The summed E-state index contributed by atoms with van der Waals surface area (Å²) < 4.78 is 33.3. The van der Waals surface area contributed by atoms with Crippen LogP contribution in [-0.2, 0) is 28.5 Å². The van der Waals surface area contributed by atoms with Crippen molar-refractivity contribution < 1.29 is 63.9 Å². The van der Waals surface area contributed by atoms with Crippen molar-refractivity contribution in [2.75, 3.05) is 20.3 Å². The van der Waals surface area contributed by atoms with Gasteiger partial charge in [-0.2, -0.15) is 0 Å². The second kappa shape index (κ2) is 10.4.